The van der Waals surface area contributed by atoms with E-state index in [-0.39, 0.29) is 0 Å². The molecule has 26 heavy (non-hydrogen) atoms. The Morgan fingerprint density at radius 2 is 2.04 bits per heavy atom. The maximum Gasteiger partial charge on any atom is 0.208 e. The summed E-state index contributed by atoms with van der Waals surface area (Å²) in [7, 11) is -1.22. The van der Waals surface area contributed by atoms with Gasteiger partial charge in [-0.1, -0.05) is 29.8 Å². The molecule has 2 aromatic heterocycles. The van der Waals surface area contributed by atoms with Gasteiger partial charge in [-0.3, -0.25) is 0 Å². The number of nitrogens with zero attached hydrogens (tertiary/aromatic N) is 3. The van der Waals surface area contributed by atoms with Crippen molar-refractivity contribution in [2.75, 3.05) is 24.7 Å². The van der Waals surface area contributed by atoms with Gasteiger partial charge in [-0.05, 0) is 17.9 Å². The predicted octanol–water partition coefficient (Wildman–Crippen LogP) is 0.659. The standard InChI is InChI=1S/C16H19BClN5O2S/c1-26(24,25)21-8-4-7-19-15-9-14(11-5-2-3-6-13(11)18)22-16-12(17)10-20-23(15)16/h2-3,5-6,9-10,19,21H,4,7-8,17H2,1H3. The van der Waals surface area contributed by atoms with Crippen molar-refractivity contribution in [2.24, 2.45) is 0 Å². The first-order valence-corrected chi connectivity index (χ1v) is 10.4. The fourth-order valence-electron chi connectivity index (χ4n) is 2.57. The number of rotatable bonds is 7. The van der Waals surface area contributed by atoms with Crippen LogP contribution < -0.4 is 15.5 Å². The van der Waals surface area contributed by atoms with E-state index in [1.54, 1.807) is 10.7 Å². The van der Waals surface area contributed by atoms with E-state index in [2.05, 4.69) is 20.1 Å². The van der Waals surface area contributed by atoms with Crippen molar-refractivity contribution in [3.8, 4) is 11.3 Å². The van der Waals surface area contributed by atoms with Gasteiger partial charge in [-0.25, -0.2) is 18.1 Å². The van der Waals surface area contributed by atoms with Crippen molar-refractivity contribution in [2.45, 2.75) is 6.42 Å². The Bertz CT molecular complexity index is 1040. The summed E-state index contributed by atoms with van der Waals surface area (Å²) in [5.41, 5.74) is 3.31. The predicted molar refractivity (Wildman–Crippen MR) is 108 cm³/mol. The Labute approximate surface area is 158 Å². The third kappa shape index (κ3) is 4.35. The molecule has 2 N–H and O–H groups in total. The first-order valence-electron chi connectivity index (χ1n) is 8.14. The average molecular weight is 392 g/mol. The minimum atomic E-state index is -3.17. The van der Waals surface area contributed by atoms with Gasteiger partial charge in [0, 0.05) is 35.9 Å². The molecule has 0 bridgehead atoms. The van der Waals surface area contributed by atoms with E-state index >= 15 is 0 Å². The van der Waals surface area contributed by atoms with Gasteiger partial charge < -0.3 is 5.32 Å². The smallest absolute Gasteiger partial charge is 0.208 e. The molecule has 0 aliphatic rings. The third-order valence-corrected chi connectivity index (χ3v) is 4.88. The summed E-state index contributed by atoms with van der Waals surface area (Å²) in [5, 5.41) is 8.29. The number of hydrogen-bond donors (Lipinski definition) is 2. The van der Waals surface area contributed by atoms with E-state index in [0.717, 1.165) is 34.4 Å². The average Bonchev–Trinajstić information content (AvgIpc) is 2.95. The molecule has 2 heterocycles. The molecule has 136 valence electrons. The van der Waals surface area contributed by atoms with E-state index in [9.17, 15) is 8.42 Å². The van der Waals surface area contributed by atoms with Crippen molar-refractivity contribution in [3.63, 3.8) is 0 Å². The molecule has 1 aromatic carbocycles. The van der Waals surface area contributed by atoms with Crippen molar-refractivity contribution in [1.82, 2.24) is 19.3 Å². The number of fused-ring (bicyclic) bond motifs is 1. The second kappa shape index (κ2) is 7.65. The van der Waals surface area contributed by atoms with Gasteiger partial charge in [0.05, 0.1) is 11.9 Å². The quantitative estimate of drug-likeness (QED) is 0.456. The zero-order chi connectivity index (χ0) is 18.7. The van der Waals surface area contributed by atoms with Crippen LogP contribution in [0, 0.1) is 0 Å². The first kappa shape index (κ1) is 18.7. The highest BCUT2D eigenvalue weighted by atomic mass is 35.5. The summed E-state index contributed by atoms with van der Waals surface area (Å²) in [6.07, 6.45) is 3.54. The molecular weight excluding hydrogens is 373 g/mol. The number of nitrogens with one attached hydrogen (secondary N) is 2. The zero-order valence-corrected chi connectivity index (χ0v) is 16.1. The molecular formula is C16H19BClN5O2S. The number of halogens is 1. The Balaban J connectivity index is 1.86. The molecule has 0 radical (unpaired) electrons. The Morgan fingerprint density at radius 1 is 1.27 bits per heavy atom. The Hall–Kier alpha value is -2.10. The number of aromatic nitrogens is 3. The minimum Gasteiger partial charge on any atom is -0.370 e. The number of hydrogen-bond acceptors (Lipinski definition) is 5. The van der Waals surface area contributed by atoms with Crippen LogP contribution in [0.3, 0.4) is 0 Å². The monoisotopic (exact) mass is 391 g/mol. The summed E-state index contributed by atoms with van der Waals surface area (Å²) >= 11 is 6.32. The number of sulfonamides is 1. The number of benzene rings is 1. The van der Waals surface area contributed by atoms with Gasteiger partial charge in [-0.15, -0.1) is 0 Å². The lowest BCUT2D eigenvalue weighted by Gasteiger charge is -2.12. The largest absolute Gasteiger partial charge is 0.370 e. The van der Waals surface area contributed by atoms with Crippen molar-refractivity contribution in [3.05, 3.63) is 41.6 Å². The maximum atomic E-state index is 11.1. The molecule has 0 atom stereocenters. The highest BCUT2D eigenvalue weighted by Crippen LogP contribution is 2.28. The van der Waals surface area contributed by atoms with Crippen LogP contribution in [0.25, 0.3) is 16.9 Å². The first-order chi connectivity index (χ1) is 12.3. The second-order valence-corrected chi connectivity index (χ2v) is 8.26. The number of anilines is 1. The molecule has 0 spiro atoms. The van der Waals surface area contributed by atoms with Gasteiger partial charge >= 0.3 is 0 Å². The van der Waals surface area contributed by atoms with E-state index < -0.39 is 10.0 Å². The second-order valence-electron chi connectivity index (χ2n) is 6.02. The normalized spacial score (nSPS) is 11.8. The molecule has 0 amide bonds. The molecule has 3 rings (SSSR count). The van der Waals surface area contributed by atoms with Crippen LogP contribution in [-0.2, 0) is 10.0 Å². The van der Waals surface area contributed by atoms with Crippen molar-refractivity contribution in [1.29, 1.82) is 0 Å². The zero-order valence-electron chi connectivity index (χ0n) is 14.5. The molecule has 3 aromatic rings. The fraction of sp³-hybridized carbons (Fsp3) is 0.250. The molecule has 0 saturated heterocycles. The topological polar surface area (TPSA) is 88.4 Å². The van der Waals surface area contributed by atoms with Crippen LogP contribution in [0.5, 0.6) is 0 Å². The summed E-state index contributed by atoms with van der Waals surface area (Å²) in [4.78, 5) is 4.69. The van der Waals surface area contributed by atoms with Crippen LogP contribution in [0.4, 0.5) is 5.82 Å². The van der Waals surface area contributed by atoms with E-state index in [0.29, 0.717) is 24.5 Å². The van der Waals surface area contributed by atoms with Gasteiger partial charge in [0.1, 0.15) is 13.7 Å². The molecule has 0 aliphatic carbocycles. The SMILES string of the molecule is Bc1cnn2c(NCCCNS(C)(=O)=O)cc(-c3ccccc3Cl)nc12. The van der Waals surface area contributed by atoms with Gasteiger partial charge in [0.2, 0.25) is 10.0 Å². The van der Waals surface area contributed by atoms with Crippen LogP contribution in [0.1, 0.15) is 6.42 Å². The summed E-state index contributed by atoms with van der Waals surface area (Å²) < 4.78 is 26.4. The van der Waals surface area contributed by atoms with Gasteiger partial charge in [0.15, 0.2) is 5.65 Å². The minimum absolute atomic E-state index is 0.371. The molecule has 7 nitrogen and oxygen atoms in total. The molecule has 0 unspecified atom stereocenters. The van der Waals surface area contributed by atoms with Gasteiger partial charge in [0.25, 0.3) is 0 Å². The summed E-state index contributed by atoms with van der Waals surface area (Å²) in [6, 6.07) is 9.44. The molecule has 0 aliphatic heterocycles. The molecule has 10 heteroatoms. The lowest BCUT2D eigenvalue weighted by molar-refractivity contribution is 0.586. The Kier molecular flexibility index (Phi) is 5.50. The highest BCUT2D eigenvalue weighted by Gasteiger charge is 2.12. The Morgan fingerprint density at radius 3 is 2.77 bits per heavy atom. The summed E-state index contributed by atoms with van der Waals surface area (Å²) in [6.45, 7) is 0.956. The van der Waals surface area contributed by atoms with Crippen LogP contribution in [0.15, 0.2) is 36.5 Å². The fourth-order valence-corrected chi connectivity index (χ4v) is 3.32. The highest BCUT2D eigenvalue weighted by molar-refractivity contribution is 7.88. The lowest BCUT2D eigenvalue weighted by Crippen LogP contribution is -2.24. The maximum absolute atomic E-state index is 11.1. The van der Waals surface area contributed by atoms with Gasteiger partial charge in [-0.2, -0.15) is 9.61 Å². The van der Waals surface area contributed by atoms with Crippen molar-refractivity contribution < 1.29 is 8.42 Å². The van der Waals surface area contributed by atoms with Crippen LogP contribution in [0.2, 0.25) is 5.02 Å². The van der Waals surface area contributed by atoms with Crippen molar-refractivity contribution >= 4 is 46.4 Å². The van der Waals surface area contributed by atoms with E-state index in [1.165, 1.54) is 0 Å². The van der Waals surface area contributed by atoms with E-state index in [4.69, 9.17) is 11.6 Å². The van der Waals surface area contributed by atoms with E-state index in [1.807, 2.05) is 38.2 Å². The third-order valence-electron chi connectivity index (χ3n) is 3.82. The lowest BCUT2D eigenvalue weighted by atomic mass is 10.0. The van der Waals surface area contributed by atoms with Crippen LogP contribution >= 0.6 is 11.6 Å². The van der Waals surface area contributed by atoms with Crippen LogP contribution in [-0.4, -0.2) is 50.2 Å². The summed E-state index contributed by atoms with van der Waals surface area (Å²) in [5.74, 6) is 0.775. The molecule has 0 fully saturated rings. The molecule has 0 saturated carbocycles.